The summed E-state index contributed by atoms with van der Waals surface area (Å²) in [6.07, 6.45) is 4.44. The minimum Gasteiger partial charge on any atom is -0.355 e. The Bertz CT molecular complexity index is 1050. The molecule has 8 nitrogen and oxygen atoms in total. The Labute approximate surface area is 169 Å². The van der Waals surface area contributed by atoms with Gasteiger partial charge in [-0.25, -0.2) is 9.97 Å². The van der Waals surface area contributed by atoms with Gasteiger partial charge in [0.05, 0.1) is 11.0 Å². The lowest BCUT2D eigenvalue weighted by molar-refractivity contribution is 0.0952. The van der Waals surface area contributed by atoms with E-state index >= 15 is 0 Å². The van der Waals surface area contributed by atoms with Gasteiger partial charge in [0, 0.05) is 56.4 Å². The number of carbonyl (C=O) groups is 1. The van der Waals surface area contributed by atoms with Gasteiger partial charge in [-0.05, 0) is 38.0 Å². The van der Waals surface area contributed by atoms with E-state index in [0.717, 1.165) is 54.2 Å². The highest BCUT2D eigenvalue weighted by atomic mass is 16.2. The minimum absolute atomic E-state index is 0.222. The quantitative estimate of drug-likeness (QED) is 0.684. The number of amides is 1. The van der Waals surface area contributed by atoms with E-state index in [1.165, 1.54) is 5.56 Å². The van der Waals surface area contributed by atoms with Gasteiger partial charge in [0.25, 0.3) is 5.91 Å². The lowest BCUT2D eigenvalue weighted by atomic mass is 10.1. The molecule has 3 heterocycles. The third-order valence-corrected chi connectivity index (χ3v) is 5.41. The second-order valence-electron chi connectivity index (χ2n) is 7.35. The van der Waals surface area contributed by atoms with E-state index in [9.17, 15) is 4.79 Å². The third kappa shape index (κ3) is 4.02. The first-order valence-corrected chi connectivity index (χ1v) is 9.80. The summed E-state index contributed by atoms with van der Waals surface area (Å²) >= 11 is 0. The number of benzene rings is 1. The summed E-state index contributed by atoms with van der Waals surface area (Å²) in [5.74, 6) is 0.809. The SMILES string of the molecule is CNC(=O)c1nc(C)c(C)c(N2CC[C@@H](NCc3ccc4nccnc4c3)C2)n1. The van der Waals surface area contributed by atoms with Crippen LogP contribution in [0.3, 0.4) is 0 Å². The molecule has 0 spiro atoms. The lowest BCUT2D eigenvalue weighted by Gasteiger charge is -2.21. The molecule has 3 aromatic rings. The molecule has 0 aliphatic carbocycles. The fraction of sp³-hybridized carbons (Fsp3) is 0.381. The summed E-state index contributed by atoms with van der Waals surface area (Å²) < 4.78 is 0. The molecular formula is C21H25N7O. The first kappa shape index (κ1) is 19.2. The third-order valence-electron chi connectivity index (χ3n) is 5.41. The van der Waals surface area contributed by atoms with Gasteiger partial charge in [0.15, 0.2) is 0 Å². The molecule has 0 saturated carbocycles. The highest BCUT2D eigenvalue weighted by Crippen LogP contribution is 2.24. The van der Waals surface area contributed by atoms with Crippen molar-refractivity contribution in [3.8, 4) is 0 Å². The summed E-state index contributed by atoms with van der Waals surface area (Å²) in [6, 6.07) is 6.53. The number of nitrogens with zero attached hydrogens (tertiary/aromatic N) is 5. The van der Waals surface area contributed by atoms with Crippen LogP contribution in [0.5, 0.6) is 0 Å². The Morgan fingerprint density at radius 2 is 1.97 bits per heavy atom. The van der Waals surface area contributed by atoms with Gasteiger partial charge in [-0.3, -0.25) is 14.8 Å². The Balaban J connectivity index is 1.43. The number of anilines is 1. The number of rotatable bonds is 5. The second-order valence-corrected chi connectivity index (χ2v) is 7.35. The summed E-state index contributed by atoms with van der Waals surface area (Å²) in [7, 11) is 1.59. The molecule has 2 aromatic heterocycles. The highest BCUT2D eigenvalue weighted by Gasteiger charge is 2.26. The number of fused-ring (bicyclic) bond motifs is 1. The van der Waals surface area contributed by atoms with Gasteiger partial charge in [-0.1, -0.05) is 6.07 Å². The zero-order valence-electron chi connectivity index (χ0n) is 16.9. The minimum atomic E-state index is -0.261. The molecule has 29 heavy (non-hydrogen) atoms. The number of aryl methyl sites for hydroxylation is 1. The van der Waals surface area contributed by atoms with Crippen molar-refractivity contribution >= 4 is 22.8 Å². The first-order valence-electron chi connectivity index (χ1n) is 9.80. The van der Waals surface area contributed by atoms with Gasteiger partial charge in [0.2, 0.25) is 5.82 Å². The van der Waals surface area contributed by atoms with Gasteiger partial charge in [-0.15, -0.1) is 0 Å². The van der Waals surface area contributed by atoms with Crippen LogP contribution in [-0.2, 0) is 6.54 Å². The van der Waals surface area contributed by atoms with Crippen LogP contribution in [-0.4, -0.2) is 52.0 Å². The number of hydrogen-bond acceptors (Lipinski definition) is 7. The molecule has 1 aliphatic heterocycles. The Morgan fingerprint density at radius 1 is 1.17 bits per heavy atom. The van der Waals surface area contributed by atoms with Crippen molar-refractivity contribution in [1.82, 2.24) is 30.6 Å². The summed E-state index contributed by atoms with van der Waals surface area (Å²) in [5.41, 5.74) is 4.86. The predicted molar refractivity (Wildman–Crippen MR) is 112 cm³/mol. The van der Waals surface area contributed by atoms with E-state index in [1.54, 1.807) is 19.4 Å². The van der Waals surface area contributed by atoms with E-state index in [-0.39, 0.29) is 11.7 Å². The van der Waals surface area contributed by atoms with E-state index in [4.69, 9.17) is 0 Å². The smallest absolute Gasteiger partial charge is 0.288 e. The van der Waals surface area contributed by atoms with Crippen LogP contribution < -0.4 is 15.5 Å². The molecule has 1 atom stereocenters. The van der Waals surface area contributed by atoms with Crippen molar-refractivity contribution in [2.45, 2.75) is 32.9 Å². The van der Waals surface area contributed by atoms with Crippen LogP contribution in [0.15, 0.2) is 30.6 Å². The van der Waals surface area contributed by atoms with Crippen molar-refractivity contribution in [3.05, 3.63) is 53.2 Å². The van der Waals surface area contributed by atoms with Gasteiger partial charge >= 0.3 is 0 Å². The fourth-order valence-electron chi connectivity index (χ4n) is 3.64. The predicted octanol–water partition coefficient (Wildman–Crippen LogP) is 1.76. The number of aromatic nitrogens is 4. The van der Waals surface area contributed by atoms with Crippen LogP contribution in [0.4, 0.5) is 5.82 Å². The molecule has 0 unspecified atom stereocenters. The molecule has 4 rings (SSSR count). The van der Waals surface area contributed by atoms with E-state index < -0.39 is 0 Å². The molecule has 8 heteroatoms. The standard InChI is InChI=1S/C21H25N7O/c1-13-14(2)26-19(21(29)22-3)27-20(13)28-9-6-16(12-28)25-11-15-4-5-17-18(10-15)24-8-7-23-17/h4-5,7-8,10,16,25H,6,9,11-12H2,1-3H3,(H,22,29)/t16-/m1/s1. The molecule has 1 saturated heterocycles. The molecule has 1 aliphatic rings. The maximum atomic E-state index is 12.0. The van der Waals surface area contributed by atoms with Gasteiger partial charge in [-0.2, -0.15) is 0 Å². The molecule has 2 N–H and O–H groups in total. The number of nitrogens with one attached hydrogen (secondary N) is 2. The van der Waals surface area contributed by atoms with Crippen LogP contribution in [0, 0.1) is 13.8 Å². The topological polar surface area (TPSA) is 95.9 Å². The molecule has 150 valence electrons. The van der Waals surface area contributed by atoms with Crippen LogP contribution in [0.25, 0.3) is 11.0 Å². The summed E-state index contributed by atoms with van der Waals surface area (Å²) in [5, 5.41) is 6.23. The molecule has 1 amide bonds. The zero-order chi connectivity index (χ0) is 20.4. The fourth-order valence-corrected chi connectivity index (χ4v) is 3.64. The summed E-state index contributed by atoms with van der Waals surface area (Å²) in [6.45, 7) is 6.44. The average molecular weight is 391 g/mol. The number of hydrogen-bond donors (Lipinski definition) is 2. The Morgan fingerprint density at radius 3 is 2.76 bits per heavy atom. The Hall–Kier alpha value is -3.13. The van der Waals surface area contributed by atoms with Crippen molar-refractivity contribution < 1.29 is 4.79 Å². The molecule has 1 aromatic carbocycles. The van der Waals surface area contributed by atoms with E-state index in [1.807, 2.05) is 19.9 Å². The molecule has 0 bridgehead atoms. The average Bonchev–Trinajstić information content (AvgIpc) is 3.22. The van der Waals surface area contributed by atoms with Crippen molar-refractivity contribution in [3.63, 3.8) is 0 Å². The molecule has 1 fully saturated rings. The largest absolute Gasteiger partial charge is 0.355 e. The van der Waals surface area contributed by atoms with Crippen LogP contribution in [0.1, 0.15) is 33.9 Å². The molecular weight excluding hydrogens is 366 g/mol. The number of carbonyl (C=O) groups excluding carboxylic acids is 1. The maximum Gasteiger partial charge on any atom is 0.288 e. The Kier molecular flexibility index (Phi) is 5.35. The van der Waals surface area contributed by atoms with Crippen LogP contribution >= 0.6 is 0 Å². The van der Waals surface area contributed by atoms with E-state index in [0.29, 0.717) is 6.04 Å². The van der Waals surface area contributed by atoms with Gasteiger partial charge < -0.3 is 15.5 Å². The first-order chi connectivity index (χ1) is 14.0. The van der Waals surface area contributed by atoms with Crippen molar-refractivity contribution in [2.24, 2.45) is 0 Å². The monoisotopic (exact) mass is 391 g/mol. The second kappa shape index (κ2) is 8.08. The normalized spacial score (nSPS) is 16.4. The maximum absolute atomic E-state index is 12.0. The van der Waals surface area contributed by atoms with Gasteiger partial charge in [0.1, 0.15) is 5.82 Å². The summed E-state index contributed by atoms with van der Waals surface area (Å²) in [4.78, 5) is 31.8. The van der Waals surface area contributed by atoms with Crippen LogP contribution in [0.2, 0.25) is 0 Å². The van der Waals surface area contributed by atoms with E-state index in [2.05, 4.69) is 47.6 Å². The highest BCUT2D eigenvalue weighted by molar-refractivity contribution is 5.90. The zero-order valence-corrected chi connectivity index (χ0v) is 16.9. The molecule has 0 radical (unpaired) electrons. The lowest BCUT2D eigenvalue weighted by Crippen LogP contribution is -2.33. The van der Waals surface area contributed by atoms with Crippen molar-refractivity contribution in [2.75, 3.05) is 25.0 Å². The van der Waals surface area contributed by atoms with Crippen molar-refractivity contribution in [1.29, 1.82) is 0 Å².